The van der Waals surface area contributed by atoms with Crippen molar-refractivity contribution in [2.75, 3.05) is 0 Å². The Morgan fingerprint density at radius 1 is 1.42 bits per heavy atom. The molecule has 0 spiro atoms. The first-order valence-corrected chi connectivity index (χ1v) is 9.10. The number of rotatable bonds is 5. The third-order valence-electron chi connectivity index (χ3n) is 4.09. The van der Waals surface area contributed by atoms with E-state index < -0.39 is 5.69 Å². The van der Waals surface area contributed by atoms with Crippen molar-refractivity contribution in [1.29, 1.82) is 0 Å². The maximum Gasteiger partial charge on any atom is 0.345 e. The standard InChI is InChI=1S/C18H25N3O2S/c1-6-12(2)21(10-13-7-8-24-11-13)16(22)14-9-15(18(3,4)5)20-17(23)19-14/h7-9,11-12H,6,10H2,1-5H3,(H,19,20,23). The molecule has 0 aromatic carbocycles. The molecule has 0 bridgehead atoms. The Balaban J connectivity index is 2.39. The number of amides is 1. The van der Waals surface area contributed by atoms with Crippen molar-refractivity contribution in [2.24, 2.45) is 0 Å². The second-order valence-electron chi connectivity index (χ2n) is 7.06. The Hall–Kier alpha value is -1.95. The topological polar surface area (TPSA) is 66.1 Å². The van der Waals surface area contributed by atoms with Crippen LogP contribution < -0.4 is 5.69 Å². The number of H-pyrrole nitrogens is 1. The molecule has 0 saturated heterocycles. The molecule has 0 aliphatic carbocycles. The summed E-state index contributed by atoms with van der Waals surface area (Å²) in [6.45, 7) is 10.6. The van der Waals surface area contributed by atoms with Crippen LogP contribution in [0.4, 0.5) is 0 Å². The van der Waals surface area contributed by atoms with Crippen LogP contribution in [0, 0.1) is 0 Å². The van der Waals surface area contributed by atoms with E-state index in [1.807, 2.05) is 51.4 Å². The molecule has 0 fully saturated rings. The highest BCUT2D eigenvalue weighted by atomic mass is 32.1. The first-order chi connectivity index (χ1) is 11.2. The first-order valence-electron chi connectivity index (χ1n) is 8.16. The van der Waals surface area contributed by atoms with Crippen molar-refractivity contribution < 1.29 is 4.79 Å². The second kappa shape index (κ2) is 7.30. The number of carbonyl (C=O) groups excluding carboxylic acids is 1. The number of nitrogens with zero attached hydrogens (tertiary/aromatic N) is 2. The largest absolute Gasteiger partial charge is 0.345 e. The van der Waals surface area contributed by atoms with E-state index in [1.165, 1.54) is 0 Å². The normalized spacial score (nSPS) is 12.9. The summed E-state index contributed by atoms with van der Waals surface area (Å²) in [5, 5.41) is 4.03. The van der Waals surface area contributed by atoms with Crippen LogP contribution in [-0.2, 0) is 12.0 Å². The van der Waals surface area contributed by atoms with Crippen molar-refractivity contribution in [3.05, 3.63) is 50.3 Å². The van der Waals surface area contributed by atoms with Gasteiger partial charge < -0.3 is 9.88 Å². The number of carbonyl (C=O) groups is 1. The molecule has 1 unspecified atom stereocenters. The SMILES string of the molecule is CCC(C)N(Cc1ccsc1)C(=O)c1cc(C(C)(C)C)[nH]c(=O)n1. The fourth-order valence-electron chi connectivity index (χ4n) is 2.35. The molecule has 6 heteroatoms. The van der Waals surface area contributed by atoms with Crippen LogP contribution in [0.25, 0.3) is 0 Å². The Kier molecular flexibility index (Phi) is 5.59. The summed E-state index contributed by atoms with van der Waals surface area (Å²) in [4.78, 5) is 33.4. The van der Waals surface area contributed by atoms with E-state index in [-0.39, 0.29) is 23.1 Å². The van der Waals surface area contributed by atoms with Crippen LogP contribution in [0.5, 0.6) is 0 Å². The first kappa shape index (κ1) is 18.4. The lowest BCUT2D eigenvalue weighted by Gasteiger charge is -2.28. The van der Waals surface area contributed by atoms with Gasteiger partial charge in [-0.25, -0.2) is 4.79 Å². The minimum absolute atomic E-state index is 0.0663. The Morgan fingerprint density at radius 3 is 2.67 bits per heavy atom. The molecule has 1 amide bonds. The van der Waals surface area contributed by atoms with Crippen molar-refractivity contribution in [3.63, 3.8) is 0 Å². The molecule has 2 rings (SSSR count). The van der Waals surface area contributed by atoms with Gasteiger partial charge in [0.25, 0.3) is 5.91 Å². The van der Waals surface area contributed by atoms with E-state index in [4.69, 9.17) is 0 Å². The monoisotopic (exact) mass is 347 g/mol. The summed E-state index contributed by atoms with van der Waals surface area (Å²) in [5.41, 5.74) is 1.27. The van der Waals surface area contributed by atoms with Gasteiger partial charge in [-0.1, -0.05) is 27.7 Å². The van der Waals surface area contributed by atoms with E-state index in [0.717, 1.165) is 12.0 Å². The van der Waals surface area contributed by atoms with Crippen LogP contribution in [-0.4, -0.2) is 26.8 Å². The fourth-order valence-corrected chi connectivity index (χ4v) is 3.01. The van der Waals surface area contributed by atoms with Crippen LogP contribution in [0.2, 0.25) is 0 Å². The quantitative estimate of drug-likeness (QED) is 0.899. The Bertz CT molecular complexity index is 744. The molecule has 0 radical (unpaired) electrons. The number of hydrogen-bond acceptors (Lipinski definition) is 4. The second-order valence-corrected chi connectivity index (χ2v) is 7.84. The maximum absolute atomic E-state index is 13.0. The predicted molar refractivity (Wildman–Crippen MR) is 97.5 cm³/mol. The van der Waals surface area contributed by atoms with Crippen LogP contribution in [0.1, 0.15) is 62.8 Å². The predicted octanol–water partition coefficient (Wildman–Crippen LogP) is 3.57. The van der Waals surface area contributed by atoms with E-state index in [0.29, 0.717) is 12.2 Å². The summed E-state index contributed by atoms with van der Waals surface area (Å²) < 4.78 is 0. The van der Waals surface area contributed by atoms with Gasteiger partial charge in [0.1, 0.15) is 5.69 Å². The van der Waals surface area contributed by atoms with Gasteiger partial charge in [-0.3, -0.25) is 4.79 Å². The Morgan fingerprint density at radius 2 is 2.12 bits per heavy atom. The zero-order valence-electron chi connectivity index (χ0n) is 14.9. The average molecular weight is 347 g/mol. The zero-order valence-corrected chi connectivity index (χ0v) is 15.7. The minimum Gasteiger partial charge on any atom is -0.330 e. The summed E-state index contributed by atoms with van der Waals surface area (Å²) in [6, 6.07) is 3.78. The highest BCUT2D eigenvalue weighted by Gasteiger charge is 2.25. The lowest BCUT2D eigenvalue weighted by Crippen LogP contribution is -2.39. The zero-order chi connectivity index (χ0) is 17.9. The average Bonchev–Trinajstić information content (AvgIpc) is 3.03. The van der Waals surface area contributed by atoms with Gasteiger partial charge in [0, 0.05) is 23.7 Å². The molecular weight excluding hydrogens is 322 g/mol. The van der Waals surface area contributed by atoms with E-state index in [1.54, 1.807) is 22.3 Å². The van der Waals surface area contributed by atoms with E-state index in [2.05, 4.69) is 9.97 Å². The van der Waals surface area contributed by atoms with Crippen molar-refractivity contribution in [2.45, 2.75) is 59.0 Å². The van der Waals surface area contributed by atoms with Crippen LogP contribution >= 0.6 is 11.3 Å². The number of aromatic amines is 1. The molecule has 2 aromatic heterocycles. The lowest BCUT2D eigenvalue weighted by molar-refractivity contribution is 0.0665. The van der Waals surface area contributed by atoms with Crippen molar-refractivity contribution in [1.82, 2.24) is 14.9 Å². The van der Waals surface area contributed by atoms with Gasteiger partial charge in [-0.15, -0.1) is 0 Å². The number of aromatic nitrogens is 2. The molecular formula is C18H25N3O2S. The molecule has 2 aromatic rings. The summed E-state index contributed by atoms with van der Waals surface area (Å²) in [6.07, 6.45) is 0.838. The smallest absolute Gasteiger partial charge is 0.330 e. The molecule has 0 aliphatic rings. The van der Waals surface area contributed by atoms with Crippen molar-refractivity contribution >= 4 is 17.2 Å². The lowest BCUT2D eigenvalue weighted by atomic mass is 9.91. The van der Waals surface area contributed by atoms with E-state index in [9.17, 15) is 9.59 Å². The van der Waals surface area contributed by atoms with E-state index >= 15 is 0 Å². The van der Waals surface area contributed by atoms with Crippen LogP contribution in [0.15, 0.2) is 27.7 Å². The molecule has 0 aliphatic heterocycles. The fraction of sp³-hybridized carbons (Fsp3) is 0.500. The summed E-state index contributed by atoms with van der Waals surface area (Å²) in [7, 11) is 0. The molecule has 130 valence electrons. The van der Waals surface area contributed by atoms with Gasteiger partial charge in [-0.05, 0) is 41.8 Å². The molecule has 24 heavy (non-hydrogen) atoms. The summed E-state index contributed by atoms with van der Waals surface area (Å²) in [5.74, 6) is -0.202. The van der Waals surface area contributed by atoms with Gasteiger partial charge in [0.05, 0.1) is 0 Å². The van der Waals surface area contributed by atoms with Crippen LogP contribution in [0.3, 0.4) is 0 Å². The maximum atomic E-state index is 13.0. The molecule has 1 N–H and O–H groups in total. The minimum atomic E-state index is -0.481. The van der Waals surface area contributed by atoms with Gasteiger partial charge >= 0.3 is 5.69 Å². The van der Waals surface area contributed by atoms with Gasteiger partial charge in [-0.2, -0.15) is 16.3 Å². The highest BCUT2D eigenvalue weighted by Crippen LogP contribution is 2.21. The molecule has 2 heterocycles. The van der Waals surface area contributed by atoms with Gasteiger partial charge in [0.2, 0.25) is 0 Å². The number of hydrogen-bond donors (Lipinski definition) is 1. The third-order valence-corrected chi connectivity index (χ3v) is 4.82. The number of nitrogens with one attached hydrogen (secondary N) is 1. The molecule has 5 nitrogen and oxygen atoms in total. The number of thiophene rings is 1. The highest BCUT2D eigenvalue weighted by molar-refractivity contribution is 7.07. The third kappa shape index (κ3) is 4.32. The van der Waals surface area contributed by atoms with Gasteiger partial charge in [0.15, 0.2) is 0 Å². The summed E-state index contributed by atoms with van der Waals surface area (Å²) >= 11 is 1.61. The molecule has 1 atom stereocenters. The Labute approximate surface area is 146 Å². The molecule has 0 saturated carbocycles. The van der Waals surface area contributed by atoms with Crippen molar-refractivity contribution in [3.8, 4) is 0 Å².